The van der Waals surface area contributed by atoms with Crippen LogP contribution in [-0.4, -0.2) is 35.8 Å². The molecule has 1 aromatic heterocycles. The molecule has 1 N–H and O–H groups in total. The normalized spacial score (nSPS) is 13.3. The van der Waals surface area contributed by atoms with E-state index in [9.17, 15) is 9.59 Å². The molecule has 6 heteroatoms. The van der Waals surface area contributed by atoms with Crippen LogP contribution in [0.5, 0.6) is 0 Å². The Kier molecular flexibility index (Phi) is 7.08. The molecule has 1 rings (SSSR count). The summed E-state index contributed by atoms with van der Waals surface area (Å²) in [6.45, 7) is 3.88. The summed E-state index contributed by atoms with van der Waals surface area (Å²) in [5.74, 6) is -0.348. The molecule has 0 radical (unpaired) electrons. The number of nitrogens with zero attached hydrogens (tertiary/aromatic N) is 1. The average molecular weight is 296 g/mol. The summed E-state index contributed by atoms with van der Waals surface area (Å²) in [4.78, 5) is 27.7. The summed E-state index contributed by atoms with van der Waals surface area (Å²) < 4.78 is 4.73. The lowest BCUT2D eigenvalue weighted by molar-refractivity contribution is -0.146. The molecule has 1 heterocycles. The van der Waals surface area contributed by atoms with Gasteiger partial charge in [0.25, 0.3) is 0 Å². The van der Waals surface area contributed by atoms with Gasteiger partial charge in [0.1, 0.15) is 6.04 Å². The molecule has 0 saturated carbocycles. The zero-order valence-electron chi connectivity index (χ0n) is 12.0. The topological polar surface area (TPSA) is 68.3 Å². The van der Waals surface area contributed by atoms with Crippen LogP contribution in [0.2, 0.25) is 0 Å². The van der Waals surface area contributed by atoms with Crippen molar-refractivity contribution in [2.45, 2.75) is 31.3 Å². The van der Waals surface area contributed by atoms with Crippen molar-refractivity contribution < 1.29 is 14.3 Å². The Labute approximate surface area is 123 Å². The average Bonchev–Trinajstić information content (AvgIpc) is 2.50. The number of esters is 1. The number of ether oxygens (including phenoxy) is 1. The largest absolute Gasteiger partial charge is 0.467 e. The number of carbonyl (C=O) groups excluding carboxylic acids is 2. The molecule has 0 unspecified atom stereocenters. The smallest absolute Gasteiger partial charge is 0.328 e. The van der Waals surface area contributed by atoms with Gasteiger partial charge in [-0.2, -0.15) is 0 Å². The molecular weight excluding hydrogens is 276 g/mol. The quantitative estimate of drug-likeness (QED) is 0.614. The van der Waals surface area contributed by atoms with Crippen molar-refractivity contribution in [3.8, 4) is 0 Å². The van der Waals surface area contributed by atoms with E-state index in [-0.39, 0.29) is 17.6 Å². The molecular formula is C14H20N2O3S. The zero-order chi connectivity index (χ0) is 15.0. The van der Waals surface area contributed by atoms with Crippen LogP contribution < -0.4 is 5.32 Å². The summed E-state index contributed by atoms with van der Waals surface area (Å²) in [6.07, 6.45) is 2.46. The van der Waals surface area contributed by atoms with Gasteiger partial charge in [-0.1, -0.05) is 38.1 Å². The molecule has 0 aliphatic rings. The third-order valence-corrected chi connectivity index (χ3v) is 3.92. The molecule has 5 nitrogen and oxygen atoms in total. The first-order valence-electron chi connectivity index (χ1n) is 6.49. The minimum absolute atomic E-state index is 0.0336. The van der Waals surface area contributed by atoms with Gasteiger partial charge in [-0.15, -0.1) is 0 Å². The number of pyridine rings is 1. The van der Waals surface area contributed by atoms with Crippen molar-refractivity contribution >= 4 is 23.6 Å². The lowest BCUT2D eigenvalue weighted by Crippen LogP contribution is -2.46. The SMILES string of the molecule is CC[C@H](C)[C@H](NC(=O)CSc1ccccn1)C(=O)OC. The van der Waals surface area contributed by atoms with Gasteiger partial charge < -0.3 is 10.1 Å². The molecule has 0 aliphatic heterocycles. The van der Waals surface area contributed by atoms with Gasteiger partial charge in [0.15, 0.2) is 0 Å². The van der Waals surface area contributed by atoms with E-state index in [1.165, 1.54) is 18.9 Å². The predicted octanol–water partition coefficient (Wildman–Crippen LogP) is 1.88. The van der Waals surface area contributed by atoms with Gasteiger partial charge in [-0.25, -0.2) is 9.78 Å². The number of methoxy groups -OCH3 is 1. The summed E-state index contributed by atoms with van der Waals surface area (Å²) in [5.41, 5.74) is 0. The summed E-state index contributed by atoms with van der Waals surface area (Å²) >= 11 is 1.33. The second kappa shape index (κ2) is 8.58. The number of thioether (sulfide) groups is 1. The number of amides is 1. The highest BCUT2D eigenvalue weighted by atomic mass is 32.2. The maximum Gasteiger partial charge on any atom is 0.328 e. The molecule has 0 aromatic carbocycles. The molecule has 110 valence electrons. The monoisotopic (exact) mass is 296 g/mol. The molecule has 0 bridgehead atoms. The lowest BCUT2D eigenvalue weighted by atomic mass is 9.99. The summed E-state index contributed by atoms with van der Waals surface area (Å²) in [5, 5.41) is 3.51. The van der Waals surface area contributed by atoms with Gasteiger partial charge in [-0.05, 0) is 18.1 Å². The third kappa shape index (κ3) is 5.21. The molecule has 1 amide bonds. The van der Waals surface area contributed by atoms with Gasteiger partial charge >= 0.3 is 5.97 Å². The summed E-state index contributed by atoms with van der Waals surface area (Å²) in [6, 6.07) is 4.93. The van der Waals surface area contributed by atoms with Crippen molar-refractivity contribution in [2.75, 3.05) is 12.9 Å². The van der Waals surface area contributed by atoms with Crippen LogP contribution in [-0.2, 0) is 14.3 Å². The number of nitrogens with one attached hydrogen (secondary N) is 1. The first kappa shape index (κ1) is 16.5. The highest BCUT2D eigenvalue weighted by Crippen LogP contribution is 2.14. The maximum absolute atomic E-state index is 11.9. The summed E-state index contributed by atoms with van der Waals surface area (Å²) in [7, 11) is 1.33. The van der Waals surface area contributed by atoms with Crippen molar-refractivity contribution in [1.82, 2.24) is 10.3 Å². The van der Waals surface area contributed by atoms with Crippen molar-refractivity contribution in [3.05, 3.63) is 24.4 Å². The minimum Gasteiger partial charge on any atom is -0.467 e. The second-order valence-electron chi connectivity index (χ2n) is 4.41. The van der Waals surface area contributed by atoms with Crippen LogP contribution in [0.3, 0.4) is 0 Å². The molecule has 0 spiro atoms. The molecule has 2 atom stereocenters. The van der Waals surface area contributed by atoms with Gasteiger partial charge in [0, 0.05) is 6.20 Å². The number of aromatic nitrogens is 1. The van der Waals surface area contributed by atoms with Crippen molar-refractivity contribution in [3.63, 3.8) is 0 Å². The number of hydrogen-bond donors (Lipinski definition) is 1. The van der Waals surface area contributed by atoms with E-state index in [4.69, 9.17) is 4.74 Å². The van der Waals surface area contributed by atoms with Crippen LogP contribution in [0.25, 0.3) is 0 Å². The number of hydrogen-bond acceptors (Lipinski definition) is 5. The van der Waals surface area contributed by atoms with Crippen molar-refractivity contribution in [2.24, 2.45) is 5.92 Å². The van der Waals surface area contributed by atoms with E-state index >= 15 is 0 Å². The first-order valence-corrected chi connectivity index (χ1v) is 7.48. The predicted molar refractivity (Wildman–Crippen MR) is 78.4 cm³/mol. The van der Waals surface area contributed by atoms with Crippen LogP contribution in [0.4, 0.5) is 0 Å². The van der Waals surface area contributed by atoms with E-state index in [0.29, 0.717) is 0 Å². The molecule has 0 aliphatic carbocycles. The standard InChI is InChI=1S/C14H20N2O3S/c1-4-10(2)13(14(18)19-3)16-11(17)9-20-12-7-5-6-8-15-12/h5-8,10,13H,4,9H2,1-3H3,(H,16,17)/t10-,13-/m0/s1. The van der Waals surface area contributed by atoms with Crippen molar-refractivity contribution in [1.29, 1.82) is 0 Å². The Morgan fingerprint density at radius 2 is 2.20 bits per heavy atom. The highest BCUT2D eigenvalue weighted by Gasteiger charge is 2.26. The Morgan fingerprint density at radius 3 is 2.75 bits per heavy atom. The molecule has 0 fully saturated rings. The van der Waals surface area contributed by atoms with Gasteiger partial charge in [0.05, 0.1) is 17.9 Å². The van der Waals surface area contributed by atoms with Crippen LogP contribution in [0.15, 0.2) is 29.4 Å². The Bertz CT molecular complexity index is 439. The van der Waals surface area contributed by atoms with Gasteiger partial charge in [0.2, 0.25) is 5.91 Å². The maximum atomic E-state index is 11.9. The second-order valence-corrected chi connectivity index (χ2v) is 5.41. The van der Waals surface area contributed by atoms with E-state index in [0.717, 1.165) is 11.4 Å². The molecule has 0 saturated heterocycles. The number of carbonyl (C=O) groups is 2. The fourth-order valence-corrected chi connectivity index (χ4v) is 2.26. The van der Waals surface area contributed by atoms with Gasteiger partial charge in [-0.3, -0.25) is 4.79 Å². The van der Waals surface area contributed by atoms with E-state index in [1.807, 2.05) is 32.0 Å². The Balaban J connectivity index is 2.51. The van der Waals surface area contributed by atoms with E-state index in [1.54, 1.807) is 6.20 Å². The van der Waals surface area contributed by atoms with Crippen LogP contribution in [0, 0.1) is 5.92 Å². The van der Waals surface area contributed by atoms with Crippen LogP contribution >= 0.6 is 11.8 Å². The Morgan fingerprint density at radius 1 is 1.45 bits per heavy atom. The highest BCUT2D eigenvalue weighted by molar-refractivity contribution is 7.99. The first-order chi connectivity index (χ1) is 9.58. The van der Waals surface area contributed by atoms with Crippen LogP contribution in [0.1, 0.15) is 20.3 Å². The third-order valence-electron chi connectivity index (χ3n) is 2.97. The number of rotatable bonds is 7. The lowest BCUT2D eigenvalue weighted by Gasteiger charge is -2.21. The van der Waals surface area contributed by atoms with E-state index in [2.05, 4.69) is 10.3 Å². The fraction of sp³-hybridized carbons (Fsp3) is 0.500. The fourth-order valence-electron chi connectivity index (χ4n) is 1.58. The molecule has 1 aromatic rings. The molecule has 20 heavy (non-hydrogen) atoms. The minimum atomic E-state index is -0.596. The zero-order valence-corrected chi connectivity index (χ0v) is 12.8. The Hall–Kier alpha value is -1.56. The van der Waals surface area contributed by atoms with E-state index < -0.39 is 12.0 Å².